The van der Waals surface area contributed by atoms with Gasteiger partial charge in [-0.25, -0.2) is 0 Å². The number of rotatable bonds is 4. The number of nitrogens with zero attached hydrogens (tertiary/aromatic N) is 1. The zero-order chi connectivity index (χ0) is 20.6. The number of carbonyl (C=O) groups is 1. The van der Waals surface area contributed by atoms with Gasteiger partial charge in [0.1, 0.15) is 27.8 Å². The number of carbonyl (C=O) groups excluding carboxylic acids is 1. The van der Waals surface area contributed by atoms with Crippen LogP contribution < -0.4 is 25.4 Å². The maximum Gasteiger partial charge on any atom is 0.231 e. The van der Waals surface area contributed by atoms with Crippen LogP contribution in [-0.2, 0) is 4.74 Å². The van der Waals surface area contributed by atoms with E-state index in [9.17, 15) is 4.79 Å². The van der Waals surface area contributed by atoms with Crippen molar-refractivity contribution in [3.63, 3.8) is 0 Å². The summed E-state index contributed by atoms with van der Waals surface area (Å²) in [6.07, 6.45) is 2.05. The van der Waals surface area contributed by atoms with Crippen molar-refractivity contribution in [1.29, 1.82) is 0 Å². The predicted octanol–water partition coefficient (Wildman–Crippen LogP) is 2.43. The normalized spacial score (nSPS) is 24.5. The van der Waals surface area contributed by atoms with Crippen molar-refractivity contribution >= 4 is 40.4 Å². The van der Waals surface area contributed by atoms with Gasteiger partial charge in [0, 0.05) is 18.1 Å². The summed E-state index contributed by atoms with van der Waals surface area (Å²) in [6.45, 7) is 1.86. The van der Waals surface area contributed by atoms with Gasteiger partial charge in [-0.3, -0.25) is 10.2 Å². The van der Waals surface area contributed by atoms with E-state index in [-0.39, 0.29) is 33.1 Å². The summed E-state index contributed by atoms with van der Waals surface area (Å²) in [4.78, 5) is 13.5. The van der Waals surface area contributed by atoms with E-state index < -0.39 is 5.60 Å². The number of benzene rings is 1. The minimum Gasteiger partial charge on any atom is -0.496 e. The molecule has 10 heteroatoms. The average molecular weight is 426 g/mol. The highest BCUT2D eigenvalue weighted by Gasteiger charge is 2.59. The highest BCUT2D eigenvalue weighted by atomic mass is 35.5. The molecule has 1 aliphatic heterocycles. The Labute approximate surface area is 172 Å². The molecule has 1 aliphatic carbocycles. The molecule has 3 rings (SSSR count). The first kappa shape index (κ1) is 20.2. The molecule has 0 saturated heterocycles. The Morgan fingerprint density at radius 3 is 2.61 bits per heavy atom. The molecule has 1 spiro atoms. The Hall–Kier alpha value is -2.52. The number of halogens is 1. The van der Waals surface area contributed by atoms with Crippen LogP contribution in [0, 0.1) is 5.92 Å². The molecule has 0 saturated carbocycles. The van der Waals surface area contributed by atoms with Gasteiger partial charge in [-0.2, -0.15) is 5.10 Å². The molecule has 2 atom stereocenters. The number of nitrogens with two attached hydrogens (primary N) is 1. The Morgan fingerprint density at radius 1 is 1.36 bits per heavy atom. The van der Waals surface area contributed by atoms with E-state index >= 15 is 0 Å². The lowest BCUT2D eigenvalue weighted by Crippen LogP contribution is -2.51. The maximum absolute atomic E-state index is 13.5. The third-order valence-electron chi connectivity index (χ3n) is 4.82. The van der Waals surface area contributed by atoms with E-state index in [2.05, 4.69) is 10.5 Å². The summed E-state index contributed by atoms with van der Waals surface area (Å²) in [5, 5.41) is 4.38. The fourth-order valence-electron chi connectivity index (χ4n) is 3.52. The number of nitrogens with one attached hydrogen (secondary N) is 1. The molecule has 1 heterocycles. The fraction of sp³-hybridized carbons (Fsp3) is 0.389. The van der Waals surface area contributed by atoms with E-state index in [1.807, 2.05) is 6.92 Å². The van der Waals surface area contributed by atoms with Gasteiger partial charge in [-0.15, -0.1) is 0 Å². The van der Waals surface area contributed by atoms with Gasteiger partial charge in [0.25, 0.3) is 0 Å². The molecule has 1 aromatic rings. The topological polar surface area (TPSA) is 104 Å². The van der Waals surface area contributed by atoms with Gasteiger partial charge < -0.3 is 24.7 Å². The molecular weight excluding hydrogens is 406 g/mol. The molecule has 8 nitrogen and oxygen atoms in total. The van der Waals surface area contributed by atoms with Crippen LogP contribution in [0.1, 0.15) is 23.7 Å². The smallest absolute Gasteiger partial charge is 0.231 e. The molecule has 150 valence electrons. The molecule has 1 aromatic carbocycles. The highest BCUT2D eigenvalue weighted by molar-refractivity contribution is 7.80. The highest BCUT2D eigenvalue weighted by Crippen LogP contribution is 2.54. The third-order valence-corrected chi connectivity index (χ3v) is 5.27. The van der Waals surface area contributed by atoms with Crippen molar-refractivity contribution in [2.75, 3.05) is 21.3 Å². The lowest BCUT2D eigenvalue weighted by atomic mass is 9.75. The summed E-state index contributed by atoms with van der Waals surface area (Å²) >= 11 is 11.2. The van der Waals surface area contributed by atoms with Gasteiger partial charge in [0.2, 0.25) is 11.4 Å². The van der Waals surface area contributed by atoms with Gasteiger partial charge in [0.15, 0.2) is 10.9 Å². The van der Waals surface area contributed by atoms with E-state index in [0.717, 1.165) is 0 Å². The number of Topliss-reactive ketones (excluding diaryl/α,β-unsaturated/α-hetero) is 1. The lowest BCUT2D eigenvalue weighted by molar-refractivity contribution is 0.0206. The summed E-state index contributed by atoms with van der Waals surface area (Å²) in [5.74, 6) is 0.538. The number of hydrogen-bond acceptors (Lipinski definition) is 7. The van der Waals surface area contributed by atoms with Crippen molar-refractivity contribution in [2.24, 2.45) is 16.8 Å². The number of ether oxygens (including phenoxy) is 4. The van der Waals surface area contributed by atoms with Crippen molar-refractivity contribution in [2.45, 2.75) is 18.9 Å². The molecule has 0 aromatic heterocycles. The summed E-state index contributed by atoms with van der Waals surface area (Å²) < 4.78 is 22.4. The summed E-state index contributed by atoms with van der Waals surface area (Å²) in [6, 6.07) is 1.56. The lowest BCUT2D eigenvalue weighted by Gasteiger charge is -2.37. The largest absolute Gasteiger partial charge is 0.496 e. The molecule has 0 fully saturated rings. The molecular formula is C18H20ClN3O5S. The molecule has 2 aliphatic rings. The third kappa shape index (κ3) is 2.94. The second-order valence-electron chi connectivity index (χ2n) is 6.36. The number of methoxy groups -OCH3 is 3. The monoisotopic (exact) mass is 425 g/mol. The number of thiocarbonyl (C=S) groups is 1. The first-order chi connectivity index (χ1) is 13.3. The Morgan fingerprint density at radius 2 is 2.04 bits per heavy atom. The molecule has 0 unspecified atom stereocenters. The quantitative estimate of drug-likeness (QED) is 0.559. The van der Waals surface area contributed by atoms with Crippen LogP contribution in [0.15, 0.2) is 23.0 Å². The predicted molar refractivity (Wildman–Crippen MR) is 108 cm³/mol. The Kier molecular flexibility index (Phi) is 5.40. The van der Waals surface area contributed by atoms with Crippen molar-refractivity contribution < 1.29 is 23.7 Å². The second kappa shape index (κ2) is 7.48. The van der Waals surface area contributed by atoms with Crippen molar-refractivity contribution in [1.82, 2.24) is 5.43 Å². The van der Waals surface area contributed by atoms with Crippen LogP contribution in [0.5, 0.6) is 17.2 Å². The minimum absolute atomic E-state index is 0.0389. The minimum atomic E-state index is -1.39. The van der Waals surface area contributed by atoms with Crippen LogP contribution in [0.2, 0.25) is 5.02 Å². The van der Waals surface area contributed by atoms with Crippen LogP contribution in [0.25, 0.3) is 0 Å². The van der Waals surface area contributed by atoms with Crippen LogP contribution in [0.3, 0.4) is 0 Å². The first-order valence-electron chi connectivity index (χ1n) is 8.36. The molecule has 0 amide bonds. The van der Waals surface area contributed by atoms with Gasteiger partial charge in [-0.1, -0.05) is 18.5 Å². The van der Waals surface area contributed by atoms with Crippen LogP contribution >= 0.6 is 23.8 Å². The number of fused-ring (bicyclic) bond motifs is 1. The summed E-state index contributed by atoms with van der Waals surface area (Å²) in [5.41, 5.74) is 7.45. The maximum atomic E-state index is 13.5. The SMILES string of the molecule is COC1=C/C(=N/NC(N)=S)C[C@@H](C)[C@]12Oc1c(Cl)c(OC)cc(OC)c1C2=O. The second-order valence-corrected chi connectivity index (χ2v) is 7.18. The Bertz CT molecular complexity index is 917. The number of hydrazone groups is 1. The van der Waals surface area contributed by atoms with Gasteiger partial charge in [0.05, 0.1) is 27.0 Å². The standard InChI is InChI=1S/C18H20ClN3O5S/c1-8-5-9(21-22-17(20)28)6-12(26-4)18(8)16(23)13-10(24-2)7-11(25-3)14(19)15(13)27-18/h6-8H,5H2,1-4H3,(H3,20,22,28)/b21-9+/t8-,18+/m1/s1. The average Bonchev–Trinajstić information content (AvgIpc) is 2.98. The number of hydrogen-bond donors (Lipinski definition) is 2. The van der Waals surface area contributed by atoms with Gasteiger partial charge in [-0.05, 0) is 18.6 Å². The molecule has 0 bridgehead atoms. The van der Waals surface area contributed by atoms with Gasteiger partial charge >= 0.3 is 0 Å². The number of allylic oxidation sites excluding steroid dienone is 1. The molecule has 28 heavy (non-hydrogen) atoms. The zero-order valence-electron chi connectivity index (χ0n) is 15.8. The van der Waals surface area contributed by atoms with E-state index in [0.29, 0.717) is 29.4 Å². The fourth-order valence-corrected chi connectivity index (χ4v) is 3.83. The molecule has 3 N–H and O–H groups in total. The first-order valence-corrected chi connectivity index (χ1v) is 9.15. The number of ketones is 1. The molecule has 0 radical (unpaired) electrons. The van der Waals surface area contributed by atoms with Crippen LogP contribution in [-0.4, -0.2) is 43.5 Å². The van der Waals surface area contributed by atoms with Crippen molar-refractivity contribution in [3.8, 4) is 17.2 Å². The zero-order valence-corrected chi connectivity index (χ0v) is 17.4. The summed E-state index contributed by atoms with van der Waals surface area (Å²) in [7, 11) is 4.40. The van der Waals surface area contributed by atoms with E-state index in [1.165, 1.54) is 21.3 Å². The van der Waals surface area contributed by atoms with E-state index in [4.69, 9.17) is 48.5 Å². The van der Waals surface area contributed by atoms with Crippen molar-refractivity contribution in [3.05, 3.63) is 28.5 Å². The van der Waals surface area contributed by atoms with E-state index in [1.54, 1.807) is 12.1 Å². The van der Waals surface area contributed by atoms with Crippen LogP contribution in [0.4, 0.5) is 0 Å². The Balaban J connectivity index is 2.15.